The molecule has 1 fully saturated rings. The Morgan fingerprint density at radius 2 is 2.00 bits per heavy atom. The standard InChI is InChI=1S/C18H27N3O2S.ClH/c1-19-11-14-3-2-8-20(12-14)17(22)4-5-18(23)21-9-6-16-15(13-21)7-10-24-16;/h7,10,14,19H,2-6,8-9,11-13H2,1H3;1H. The lowest BCUT2D eigenvalue weighted by Crippen LogP contribution is -2.43. The Bertz CT molecular complexity index is 591. The minimum absolute atomic E-state index is 0. The molecule has 0 aromatic carbocycles. The number of thiophene rings is 1. The van der Waals surface area contributed by atoms with E-state index >= 15 is 0 Å². The van der Waals surface area contributed by atoms with Crippen LogP contribution in [0.4, 0.5) is 0 Å². The van der Waals surface area contributed by atoms with Crippen LogP contribution in [0.1, 0.15) is 36.1 Å². The van der Waals surface area contributed by atoms with Gasteiger partial charge in [-0.2, -0.15) is 0 Å². The summed E-state index contributed by atoms with van der Waals surface area (Å²) < 4.78 is 0. The zero-order valence-electron chi connectivity index (χ0n) is 14.8. The van der Waals surface area contributed by atoms with Gasteiger partial charge >= 0.3 is 0 Å². The van der Waals surface area contributed by atoms with E-state index in [9.17, 15) is 9.59 Å². The molecular weight excluding hydrogens is 358 g/mol. The Balaban J connectivity index is 0.00000225. The SMILES string of the molecule is CNCC1CCCN(C(=O)CCC(=O)N2CCc3sccc3C2)C1.Cl. The molecule has 1 aromatic rings. The Morgan fingerprint density at radius 1 is 1.24 bits per heavy atom. The zero-order valence-corrected chi connectivity index (χ0v) is 16.5. The summed E-state index contributed by atoms with van der Waals surface area (Å²) in [6.07, 6.45) is 3.88. The Morgan fingerprint density at radius 3 is 2.76 bits per heavy atom. The van der Waals surface area contributed by atoms with Crippen molar-refractivity contribution in [3.63, 3.8) is 0 Å². The number of nitrogens with zero attached hydrogens (tertiary/aromatic N) is 2. The molecule has 1 atom stereocenters. The van der Waals surface area contributed by atoms with Gasteiger partial charge in [-0.1, -0.05) is 0 Å². The van der Waals surface area contributed by atoms with Crippen molar-refractivity contribution >= 4 is 35.6 Å². The Labute approximate surface area is 160 Å². The first-order valence-corrected chi connectivity index (χ1v) is 9.80. The van der Waals surface area contributed by atoms with Crippen LogP contribution in [0.2, 0.25) is 0 Å². The summed E-state index contributed by atoms with van der Waals surface area (Å²) in [5.74, 6) is 0.795. The lowest BCUT2D eigenvalue weighted by Gasteiger charge is -2.33. The largest absolute Gasteiger partial charge is 0.342 e. The minimum Gasteiger partial charge on any atom is -0.342 e. The number of amides is 2. The lowest BCUT2D eigenvalue weighted by atomic mass is 9.97. The molecule has 2 amide bonds. The summed E-state index contributed by atoms with van der Waals surface area (Å²) in [7, 11) is 1.96. The number of piperidine rings is 1. The predicted octanol–water partition coefficient (Wildman–Crippen LogP) is 2.29. The number of carbonyl (C=O) groups excluding carboxylic acids is 2. The molecule has 1 aromatic heterocycles. The third-order valence-electron chi connectivity index (χ3n) is 5.08. The summed E-state index contributed by atoms with van der Waals surface area (Å²) in [6, 6.07) is 2.11. The molecule has 0 saturated carbocycles. The Kier molecular flexibility index (Phi) is 7.72. The molecule has 0 radical (unpaired) electrons. The lowest BCUT2D eigenvalue weighted by molar-refractivity contribution is -0.138. The van der Waals surface area contributed by atoms with Gasteiger partial charge in [0.15, 0.2) is 0 Å². The van der Waals surface area contributed by atoms with Crippen molar-refractivity contribution in [3.05, 3.63) is 21.9 Å². The van der Waals surface area contributed by atoms with E-state index in [-0.39, 0.29) is 24.2 Å². The predicted molar refractivity (Wildman–Crippen MR) is 103 cm³/mol. The maximum atomic E-state index is 12.4. The van der Waals surface area contributed by atoms with E-state index in [4.69, 9.17) is 0 Å². The first-order valence-electron chi connectivity index (χ1n) is 8.92. The quantitative estimate of drug-likeness (QED) is 0.846. The maximum Gasteiger partial charge on any atom is 0.223 e. The summed E-state index contributed by atoms with van der Waals surface area (Å²) in [6.45, 7) is 4.12. The van der Waals surface area contributed by atoms with Gasteiger partial charge in [0.05, 0.1) is 0 Å². The highest BCUT2D eigenvalue weighted by atomic mass is 35.5. The smallest absolute Gasteiger partial charge is 0.223 e. The van der Waals surface area contributed by atoms with Crippen LogP contribution in [0.15, 0.2) is 11.4 Å². The van der Waals surface area contributed by atoms with Crippen LogP contribution in [-0.4, -0.2) is 54.8 Å². The van der Waals surface area contributed by atoms with E-state index in [1.165, 1.54) is 16.9 Å². The fourth-order valence-electron chi connectivity index (χ4n) is 3.74. The van der Waals surface area contributed by atoms with Crippen molar-refractivity contribution in [3.8, 4) is 0 Å². The van der Waals surface area contributed by atoms with Gasteiger partial charge < -0.3 is 15.1 Å². The van der Waals surface area contributed by atoms with E-state index in [0.717, 1.165) is 39.0 Å². The van der Waals surface area contributed by atoms with Crippen LogP contribution >= 0.6 is 23.7 Å². The number of halogens is 1. The molecule has 3 heterocycles. The van der Waals surface area contributed by atoms with Gasteiger partial charge in [0, 0.05) is 43.9 Å². The number of nitrogens with one attached hydrogen (secondary N) is 1. The van der Waals surface area contributed by atoms with Crippen LogP contribution < -0.4 is 5.32 Å². The van der Waals surface area contributed by atoms with Crippen LogP contribution in [-0.2, 0) is 22.6 Å². The highest BCUT2D eigenvalue weighted by Gasteiger charge is 2.25. The van der Waals surface area contributed by atoms with Crippen molar-refractivity contribution in [1.82, 2.24) is 15.1 Å². The van der Waals surface area contributed by atoms with Gasteiger partial charge in [-0.25, -0.2) is 0 Å². The summed E-state index contributed by atoms with van der Waals surface area (Å²) >= 11 is 1.78. The number of fused-ring (bicyclic) bond motifs is 1. The van der Waals surface area contributed by atoms with Crippen molar-refractivity contribution < 1.29 is 9.59 Å². The molecule has 140 valence electrons. The molecule has 1 N–H and O–H groups in total. The normalized spacial score (nSPS) is 20.0. The summed E-state index contributed by atoms with van der Waals surface area (Å²) in [4.78, 5) is 30.1. The molecule has 0 bridgehead atoms. The van der Waals surface area contributed by atoms with Crippen LogP contribution in [0.5, 0.6) is 0 Å². The van der Waals surface area contributed by atoms with Crippen LogP contribution in [0.25, 0.3) is 0 Å². The first kappa shape index (κ1) is 20.2. The number of carbonyl (C=O) groups is 2. The monoisotopic (exact) mass is 385 g/mol. The molecule has 25 heavy (non-hydrogen) atoms. The van der Waals surface area contributed by atoms with Crippen molar-refractivity contribution in [2.45, 2.75) is 38.6 Å². The highest BCUT2D eigenvalue weighted by molar-refractivity contribution is 7.10. The summed E-state index contributed by atoms with van der Waals surface area (Å²) in [5, 5.41) is 5.30. The van der Waals surface area contributed by atoms with Gasteiger partial charge in [0.1, 0.15) is 0 Å². The van der Waals surface area contributed by atoms with Crippen molar-refractivity contribution in [1.29, 1.82) is 0 Å². The van der Waals surface area contributed by atoms with Crippen LogP contribution in [0, 0.1) is 5.92 Å². The Hall–Kier alpha value is -1.11. The van der Waals surface area contributed by atoms with Gasteiger partial charge in [-0.05, 0) is 55.8 Å². The molecule has 1 saturated heterocycles. The maximum absolute atomic E-state index is 12.4. The fourth-order valence-corrected chi connectivity index (χ4v) is 4.63. The topological polar surface area (TPSA) is 52.7 Å². The average molecular weight is 386 g/mol. The van der Waals surface area contributed by atoms with E-state index in [1.807, 2.05) is 16.8 Å². The van der Waals surface area contributed by atoms with Crippen molar-refractivity contribution in [2.75, 3.05) is 33.2 Å². The number of hydrogen-bond acceptors (Lipinski definition) is 4. The molecule has 2 aliphatic rings. The molecule has 0 aliphatic carbocycles. The minimum atomic E-state index is 0. The molecule has 7 heteroatoms. The van der Waals surface area contributed by atoms with Crippen LogP contribution in [0.3, 0.4) is 0 Å². The van der Waals surface area contributed by atoms with Gasteiger partial charge in [0.2, 0.25) is 11.8 Å². The van der Waals surface area contributed by atoms with Crippen molar-refractivity contribution in [2.24, 2.45) is 5.92 Å². The summed E-state index contributed by atoms with van der Waals surface area (Å²) in [5.41, 5.74) is 1.27. The molecule has 2 aliphatic heterocycles. The second-order valence-corrected chi connectivity index (χ2v) is 7.84. The molecule has 3 rings (SSSR count). The molecular formula is C18H28ClN3O2S. The number of likely N-dealkylation sites (tertiary alicyclic amines) is 1. The number of rotatable bonds is 5. The van der Waals surface area contributed by atoms with Gasteiger partial charge in [0.25, 0.3) is 0 Å². The van der Waals surface area contributed by atoms with E-state index < -0.39 is 0 Å². The molecule has 1 unspecified atom stereocenters. The molecule has 0 spiro atoms. The number of hydrogen-bond donors (Lipinski definition) is 1. The zero-order chi connectivity index (χ0) is 16.9. The third kappa shape index (κ3) is 5.19. The van der Waals surface area contributed by atoms with E-state index in [1.54, 1.807) is 11.3 Å². The first-order chi connectivity index (χ1) is 11.7. The van der Waals surface area contributed by atoms with E-state index in [0.29, 0.717) is 25.3 Å². The fraction of sp³-hybridized carbons (Fsp3) is 0.667. The van der Waals surface area contributed by atoms with E-state index in [2.05, 4.69) is 16.8 Å². The second kappa shape index (κ2) is 9.55. The van der Waals surface area contributed by atoms with Gasteiger partial charge in [-0.15, -0.1) is 23.7 Å². The third-order valence-corrected chi connectivity index (χ3v) is 6.10. The second-order valence-electron chi connectivity index (χ2n) is 6.84. The average Bonchev–Trinajstić information content (AvgIpc) is 3.07. The van der Waals surface area contributed by atoms with Gasteiger partial charge in [-0.3, -0.25) is 9.59 Å². The molecule has 5 nitrogen and oxygen atoms in total. The highest BCUT2D eigenvalue weighted by Crippen LogP contribution is 2.24.